The van der Waals surface area contributed by atoms with Crippen molar-refractivity contribution in [2.24, 2.45) is 0 Å². The smallest absolute Gasteiger partial charge is 0.322 e. The van der Waals surface area contributed by atoms with Crippen LogP contribution in [-0.4, -0.2) is 31.3 Å². The second-order valence-corrected chi connectivity index (χ2v) is 5.37. The fourth-order valence-corrected chi connectivity index (χ4v) is 2.60. The highest BCUT2D eigenvalue weighted by molar-refractivity contribution is 5.92. The molecular weight excluding hydrogens is 252 g/mol. The van der Waals surface area contributed by atoms with E-state index >= 15 is 0 Å². The predicted octanol–water partition coefficient (Wildman–Crippen LogP) is 3.10. The summed E-state index contributed by atoms with van der Waals surface area (Å²) >= 11 is 0. The van der Waals surface area contributed by atoms with Crippen LogP contribution in [0.5, 0.6) is 0 Å². The average Bonchev–Trinajstić information content (AvgIpc) is 2.93. The van der Waals surface area contributed by atoms with Gasteiger partial charge in [-0.05, 0) is 51.3 Å². The Hall–Kier alpha value is -1.55. The minimum Gasteiger partial charge on any atom is -0.376 e. The van der Waals surface area contributed by atoms with Crippen LogP contribution in [0.3, 0.4) is 0 Å². The highest BCUT2D eigenvalue weighted by Crippen LogP contribution is 2.18. The summed E-state index contributed by atoms with van der Waals surface area (Å²) in [4.78, 5) is 14.2. The van der Waals surface area contributed by atoms with E-state index in [-0.39, 0.29) is 18.2 Å². The van der Waals surface area contributed by atoms with Gasteiger partial charge in [0.15, 0.2) is 0 Å². The number of rotatable bonds is 4. The van der Waals surface area contributed by atoms with Crippen LogP contribution in [0.1, 0.15) is 32.3 Å². The maximum Gasteiger partial charge on any atom is 0.322 e. The van der Waals surface area contributed by atoms with Crippen LogP contribution in [0.4, 0.5) is 10.5 Å². The fraction of sp³-hybridized carbons (Fsp3) is 0.562. The molecule has 0 saturated carbocycles. The zero-order valence-electron chi connectivity index (χ0n) is 12.6. The SMILES string of the molecule is CCN(C(=O)N[C@@H](C)[C@H]1CCCO1)c1cccc(C)c1. The lowest BCUT2D eigenvalue weighted by Crippen LogP contribution is -2.48. The topological polar surface area (TPSA) is 41.6 Å². The number of hydrogen-bond acceptors (Lipinski definition) is 2. The number of nitrogens with one attached hydrogen (secondary N) is 1. The van der Waals surface area contributed by atoms with Gasteiger partial charge in [-0.25, -0.2) is 4.79 Å². The minimum atomic E-state index is -0.0545. The summed E-state index contributed by atoms with van der Waals surface area (Å²) in [5.74, 6) is 0. The predicted molar refractivity (Wildman–Crippen MR) is 81.2 cm³/mol. The zero-order valence-corrected chi connectivity index (χ0v) is 12.6. The van der Waals surface area contributed by atoms with Gasteiger partial charge >= 0.3 is 6.03 Å². The number of nitrogens with zero attached hydrogens (tertiary/aromatic N) is 1. The molecule has 1 N–H and O–H groups in total. The molecule has 1 aliphatic rings. The van der Waals surface area contributed by atoms with Crippen LogP contribution < -0.4 is 10.2 Å². The van der Waals surface area contributed by atoms with E-state index < -0.39 is 0 Å². The van der Waals surface area contributed by atoms with Gasteiger partial charge in [0.2, 0.25) is 0 Å². The molecule has 4 heteroatoms. The van der Waals surface area contributed by atoms with E-state index in [4.69, 9.17) is 4.74 Å². The maximum absolute atomic E-state index is 12.4. The van der Waals surface area contributed by atoms with Gasteiger partial charge in [0, 0.05) is 18.8 Å². The molecule has 0 aliphatic carbocycles. The molecule has 1 saturated heterocycles. The van der Waals surface area contributed by atoms with E-state index in [1.54, 1.807) is 4.90 Å². The van der Waals surface area contributed by atoms with E-state index in [0.717, 1.165) is 30.7 Å². The Labute approximate surface area is 121 Å². The molecule has 0 radical (unpaired) electrons. The Bertz CT molecular complexity index is 456. The zero-order chi connectivity index (χ0) is 14.5. The molecule has 2 atom stereocenters. The number of hydrogen-bond donors (Lipinski definition) is 1. The van der Waals surface area contributed by atoms with Crippen LogP contribution in [-0.2, 0) is 4.74 Å². The van der Waals surface area contributed by atoms with Gasteiger partial charge in [-0.15, -0.1) is 0 Å². The molecule has 0 unspecified atom stereocenters. The lowest BCUT2D eigenvalue weighted by Gasteiger charge is -2.26. The first-order valence-electron chi connectivity index (χ1n) is 7.38. The van der Waals surface area contributed by atoms with E-state index in [1.807, 2.05) is 45.0 Å². The van der Waals surface area contributed by atoms with Crippen molar-refractivity contribution in [1.29, 1.82) is 0 Å². The summed E-state index contributed by atoms with van der Waals surface area (Å²) in [5, 5.41) is 3.05. The number of benzene rings is 1. The van der Waals surface area contributed by atoms with Gasteiger partial charge in [0.25, 0.3) is 0 Å². The largest absolute Gasteiger partial charge is 0.376 e. The van der Waals surface area contributed by atoms with Crippen LogP contribution in [0.25, 0.3) is 0 Å². The van der Waals surface area contributed by atoms with Crippen molar-refractivity contribution in [3.8, 4) is 0 Å². The Morgan fingerprint density at radius 3 is 2.95 bits per heavy atom. The molecular formula is C16H24N2O2. The first-order chi connectivity index (χ1) is 9.61. The quantitative estimate of drug-likeness (QED) is 0.918. The summed E-state index contributed by atoms with van der Waals surface area (Å²) in [6.07, 6.45) is 2.26. The molecule has 0 aromatic heterocycles. The normalized spacial score (nSPS) is 19.6. The standard InChI is InChI=1S/C16H24N2O2/c1-4-18(14-8-5-7-12(2)11-14)16(19)17-13(3)15-9-6-10-20-15/h5,7-8,11,13,15H,4,6,9-10H2,1-3H3,(H,17,19)/t13-,15+/m0/s1. The first kappa shape index (κ1) is 14.9. The molecule has 20 heavy (non-hydrogen) atoms. The third kappa shape index (κ3) is 3.51. The van der Waals surface area contributed by atoms with Crippen LogP contribution in [0, 0.1) is 6.92 Å². The number of carbonyl (C=O) groups is 1. The van der Waals surface area contributed by atoms with Crippen LogP contribution in [0.2, 0.25) is 0 Å². The van der Waals surface area contributed by atoms with E-state index in [0.29, 0.717) is 6.54 Å². The molecule has 1 aliphatic heterocycles. The van der Waals surface area contributed by atoms with Gasteiger partial charge in [-0.1, -0.05) is 12.1 Å². The Kier molecular flexibility index (Phi) is 5.01. The molecule has 2 amide bonds. The average molecular weight is 276 g/mol. The molecule has 1 aromatic carbocycles. The molecule has 110 valence electrons. The van der Waals surface area contributed by atoms with Crippen molar-refractivity contribution in [2.75, 3.05) is 18.1 Å². The van der Waals surface area contributed by atoms with Gasteiger partial charge in [-0.3, -0.25) is 4.90 Å². The van der Waals surface area contributed by atoms with Crippen molar-refractivity contribution in [2.45, 2.75) is 45.8 Å². The number of aryl methyl sites for hydroxylation is 1. The van der Waals surface area contributed by atoms with Gasteiger partial charge in [0.1, 0.15) is 0 Å². The van der Waals surface area contributed by atoms with E-state index in [1.165, 1.54) is 0 Å². The summed E-state index contributed by atoms with van der Waals surface area (Å²) in [6, 6.07) is 7.99. The maximum atomic E-state index is 12.4. The second kappa shape index (κ2) is 6.75. The summed E-state index contributed by atoms with van der Waals surface area (Å²) in [5.41, 5.74) is 2.09. The molecule has 0 spiro atoms. The number of urea groups is 1. The minimum absolute atomic E-state index is 0.0452. The van der Waals surface area contributed by atoms with Crippen molar-refractivity contribution >= 4 is 11.7 Å². The number of carbonyl (C=O) groups excluding carboxylic acids is 1. The molecule has 2 rings (SSSR count). The lowest BCUT2D eigenvalue weighted by molar-refractivity contribution is 0.0864. The molecule has 4 nitrogen and oxygen atoms in total. The van der Waals surface area contributed by atoms with Crippen LogP contribution in [0.15, 0.2) is 24.3 Å². The van der Waals surface area contributed by atoms with Crippen LogP contribution >= 0.6 is 0 Å². The van der Waals surface area contributed by atoms with Crippen molar-refractivity contribution in [3.63, 3.8) is 0 Å². The third-order valence-electron chi connectivity index (χ3n) is 3.75. The Morgan fingerprint density at radius 1 is 1.55 bits per heavy atom. The summed E-state index contributed by atoms with van der Waals surface area (Å²) in [6.45, 7) is 7.48. The van der Waals surface area contributed by atoms with Crippen molar-refractivity contribution in [3.05, 3.63) is 29.8 Å². The molecule has 1 aromatic rings. The number of amides is 2. The van der Waals surface area contributed by atoms with Gasteiger partial charge in [0.05, 0.1) is 12.1 Å². The first-order valence-corrected chi connectivity index (χ1v) is 7.38. The monoisotopic (exact) mass is 276 g/mol. The third-order valence-corrected chi connectivity index (χ3v) is 3.75. The number of ether oxygens (including phenoxy) is 1. The van der Waals surface area contributed by atoms with Crippen molar-refractivity contribution < 1.29 is 9.53 Å². The van der Waals surface area contributed by atoms with Crippen molar-refractivity contribution in [1.82, 2.24) is 5.32 Å². The van der Waals surface area contributed by atoms with Gasteiger partial charge in [-0.2, -0.15) is 0 Å². The Balaban J connectivity index is 2.01. The van der Waals surface area contributed by atoms with Gasteiger partial charge < -0.3 is 10.1 Å². The van der Waals surface area contributed by atoms with E-state index in [9.17, 15) is 4.79 Å². The lowest BCUT2D eigenvalue weighted by atomic mass is 10.1. The molecule has 1 heterocycles. The summed E-state index contributed by atoms with van der Waals surface area (Å²) < 4.78 is 5.62. The Morgan fingerprint density at radius 2 is 2.35 bits per heavy atom. The second-order valence-electron chi connectivity index (χ2n) is 5.37. The highest BCUT2D eigenvalue weighted by atomic mass is 16.5. The number of anilines is 1. The fourth-order valence-electron chi connectivity index (χ4n) is 2.60. The summed E-state index contributed by atoms with van der Waals surface area (Å²) in [7, 11) is 0. The van der Waals surface area contributed by atoms with E-state index in [2.05, 4.69) is 5.32 Å². The molecule has 0 bridgehead atoms. The highest BCUT2D eigenvalue weighted by Gasteiger charge is 2.25. The molecule has 1 fully saturated rings.